The number of nitrogens with zero attached hydrogens (tertiary/aromatic N) is 4. The molecule has 1 aromatic heterocycles. The van der Waals surface area contributed by atoms with Crippen LogP contribution in [0.3, 0.4) is 0 Å². The Morgan fingerprint density at radius 2 is 1.69 bits per heavy atom. The van der Waals surface area contributed by atoms with Gasteiger partial charge < -0.3 is 9.47 Å². The first-order valence-corrected chi connectivity index (χ1v) is 14.6. The van der Waals surface area contributed by atoms with E-state index in [4.69, 9.17) is 14.6 Å². The number of imide groups is 1. The Hall–Kier alpha value is -4.48. The minimum Gasteiger partial charge on any atom is -0.494 e. The van der Waals surface area contributed by atoms with Crippen LogP contribution in [0, 0.1) is 11.3 Å². The van der Waals surface area contributed by atoms with Crippen molar-refractivity contribution in [1.29, 1.82) is 5.26 Å². The number of rotatable bonds is 14. The first kappa shape index (κ1) is 30.5. The van der Waals surface area contributed by atoms with Gasteiger partial charge in [0.15, 0.2) is 0 Å². The topological polar surface area (TPSA) is 97.4 Å². The summed E-state index contributed by atoms with van der Waals surface area (Å²) in [7, 11) is 0. The van der Waals surface area contributed by atoms with Crippen molar-refractivity contribution in [2.45, 2.75) is 52.9 Å². The fourth-order valence-electron chi connectivity index (χ4n) is 4.82. The number of benzene rings is 2. The van der Waals surface area contributed by atoms with Crippen LogP contribution in [0.2, 0.25) is 0 Å². The van der Waals surface area contributed by atoms with Gasteiger partial charge in [0.05, 0.1) is 18.0 Å². The average molecular weight is 567 g/mol. The molecule has 8 heteroatoms. The Kier molecular flexibility index (Phi) is 10.8. The Labute approximate surface area is 247 Å². The Morgan fingerprint density at radius 1 is 0.929 bits per heavy atom. The third kappa shape index (κ3) is 7.23. The third-order valence-corrected chi connectivity index (χ3v) is 7.16. The molecule has 1 aliphatic rings. The summed E-state index contributed by atoms with van der Waals surface area (Å²) in [6, 6.07) is 19.5. The first-order chi connectivity index (χ1) is 20.5. The molecule has 0 saturated carbocycles. The molecule has 0 bridgehead atoms. The lowest BCUT2D eigenvalue weighted by molar-refractivity contribution is -0.140. The molecule has 0 fully saturated rings. The summed E-state index contributed by atoms with van der Waals surface area (Å²) >= 11 is 0. The second-order valence-electron chi connectivity index (χ2n) is 10.1. The molecule has 42 heavy (non-hydrogen) atoms. The lowest BCUT2D eigenvalue weighted by atomic mass is 9.93. The number of nitriles is 1. The van der Waals surface area contributed by atoms with Crippen LogP contribution >= 0.6 is 0 Å². The zero-order chi connectivity index (χ0) is 29.9. The van der Waals surface area contributed by atoms with Crippen LogP contribution in [-0.4, -0.2) is 52.9 Å². The second kappa shape index (κ2) is 14.9. The van der Waals surface area contributed by atoms with Crippen molar-refractivity contribution in [1.82, 2.24) is 14.7 Å². The molecule has 0 radical (unpaired) electrons. The molecule has 2 amide bonds. The highest BCUT2D eigenvalue weighted by Gasteiger charge is 2.35. The van der Waals surface area contributed by atoms with E-state index in [1.165, 1.54) is 12.8 Å². The monoisotopic (exact) mass is 566 g/mol. The molecule has 2 heterocycles. The van der Waals surface area contributed by atoms with Gasteiger partial charge in [-0.2, -0.15) is 10.4 Å². The molecule has 0 N–H and O–H groups in total. The van der Waals surface area contributed by atoms with E-state index in [0.717, 1.165) is 34.7 Å². The maximum absolute atomic E-state index is 13.6. The molecule has 0 unspecified atom stereocenters. The van der Waals surface area contributed by atoms with Crippen LogP contribution in [0.1, 0.15) is 58.4 Å². The number of aromatic nitrogens is 2. The van der Waals surface area contributed by atoms with E-state index in [-0.39, 0.29) is 12.1 Å². The molecule has 8 nitrogen and oxygen atoms in total. The van der Waals surface area contributed by atoms with E-state index in [2.05, 4.69) is 6.92 Å². The average Bonchev–Trinajstić information content (AvgIpc) is 3.44. The zero-order valence-corrected chi connectivity index (χ0v) is 24.6. The Balaban J connectivity index is 1.70. The van der Waals surface area contributed by atoms with Crippen molar-refractivity contribution in [2.75, 3.05) is 26.4 Å². The summed E-state index contributed by atoms with van der Waals surface area (Å²) in [4.78, 5) is 27.8. The van der Waals surface area contributed by atoms with Gasteiger partial charge in [-0.25, -0.2) is 4.68 Å². The van der Waals surface area contributed by atoms with Crippen molar-refractivity contribution in [3.63, 3.8) is 0 Å². The maximum Gasteiger partial charge on any atom is 0.271 e. The molecule has 218 valence electrons. The number of hydrogen-bond donors (Lipinski definition) is 0. The highest BCUT2D eigenvalue weighted by Crippen LogP contribution is 2.32. The molecule has 1 aliphatic heterocycles. The fraction of sp³-hybridized carbons (Fsp3) is 0.353. The van der Waals surface area contributed by atoms with Gasteiger partial charge in [0, 0.05) is 42.7 Å². The highest BCUT2D eigenvalue weighted by atomic mass is 16.5. The minimum atomic E-state index is -0.570. The van der Waals surface area contributed by atoms with Gasteiger partial charge in [-0.15, -0.1) is 0 Å². The van der Waals surface area contributed by atoms with E-state index in [1.807, 2.05) is 73.8 Å². The molecule has 0 atom stereocenters. The van der Waals surface area contributed by atoms with E-state index in [9.17, 15) is 14.9 Å². The molecular formula is C34H38N4O4. The standard InChI is InChI=1S/C34H38N4O4/c1-4-6-7-11-21-42-29-17-15-26(16-18-29)32-27(24-38(36-32)28-13-9-8-10-14-28)22-30-25(3)31(23-35)34(40)37(33(30)39)19-12-20-41-5-2/h8-10,13-18,22,24H,4-7,11-12,19-21H2,1-3H3/b30-22+. The second-order valence-corrected chi connectivity index (χ2v) is 10.1. The van der Waals surface area contributed by atoms with Crippen molar-refractivity contribution in [3.8, 4) is 28.8 Å². The molecule has 0 aliphatic carbocycles. The van der Waals surface area contributed by atoms with Gasteiger partial charge in [0.1, 0.15) is 17.4 Å². The quantitative estimate of drug-likeness (QED) is 0.125. The van der Waals surface area contributed by atoms with Gasteiger partial charge in [0.2, 0.25) is 0 Å². The largest absolute Gasteiger partial charge is 0.494 e. The summed E-state index contributed by atoms with van der Waals surface area (Å²) in [5, 5.41) is 14.7. The third-order valence-electron chi connectivity index (χ3n) is 7.16. The highest BCUT2D eigenvalue weighted by molar-refractivity contribution is 6.19. The summed E-state index contributed by atoms with van der Waals surface area (Å²) in [6.45, 7) is 7.54. The number of ether oxygens (including phenoxy) is 2. The van der Waals surface area contributed by atoms with Gasteiger partial charge >= 0.3 is 0 Å². The van der Waals surface area contributed by atoms with E-state index < -0.39 is 11.8 Å². The molecular weight excluding hydrogens is 528 g/mol. The normalized spacial score (nSPS) is 14.5. The predicted molar refractivity (Wildman–Crippen MR) is 163 cm³/mol. The van der Waals surface area contributed by atoms with Crippen LogP contribution in [0.15, 0.2) is 77.5 Å². The predicted octanol–water partition coefficient (Wildman–Crippen LogP) is 6.52. The number of para-hydroxylation sites is 1. The maximum atomic E-state index is 13.6. The van der Waals surface area contributed by atoms with Crippen LogP contribution in [-0.2, 0) is 14.3 Å². The number of unbranched alkanes of at least 4 members (excludes halogenated alkanes) is 3. The van der Waals surface area contributed by atoms with Crippen LogP contribution in [0.5, 0.6) is 5.75 Å². The summed E-state index contributed by atoms with van der Waals surface area (Å²) < 4.78 is 13.1. The number of carbonyl (C=O) groups is 2. The summed E-state index contributed by atoms with van der Waals surface area (Å²) in [6.07, 6.45) is 8.64. The number of carbonyl (C=O) groups excluding carboxylic acids is 2. The number of amides is 2. The van der Waals surface area contributed by atoms with E-state index >= 15 is 0 Å². The van der Waals surface area contributed by atoms with Gasteiger partial charge in [-0.05, 0) is 74.7 Å². The van der Waals surface area contributed by atoms with Gasteiger partial charge in [-0.1, -0.05) is 44.4 Å². The zero-order valence-electron chi connectivity index (χ0n) is 24.6. The van der Waals surface area contributed by atoms with Crippen molar-refractivity contribution in [3.05, 3.63) is 83.1 Å². The number of hydrogen-bond acceptors (Lipinski definition) is 6. The van der Waals surface area contributed by atoms with Crippen molar-refractivity contribution in [2.24, 2.45) is 0 Å². The fourth-order valence-corrected chi connectivity index (χ4v) is 4.82. The smallest absolute Gasteiger partial charge is 0.271 e. The van der Waals surface area contributed by atoms with Crippen LogP contribution < -0.4 is 4.74 Å². The molecule has 4 rings (SSSR count). The van der Waals surface area contributed by atoms with Crippen molar-refractivity contribution < 1.29 is 19.1 Å². The van der Waals surface area contributed by atoms with E-state index in [1.54, 1.807) is 17.7 Å². The first-order valence-electron chi connectivity index (χ1n) is 14.6. The van der Waals surface area contributed by atoms with Gasteiger partial charge in [0.25, 0.3) is 11.8 Å². The Bertz CT molecular complexity index is 1480. The molecule has 2 aromatic carbocycles. The summed E-state index contributed by atoms with van der Waals surface area (Å²) in [5.74, 6) is -0.212. The minimum absolute atomic E-state index is 0.0327. The van der Waals surface area contributed by atoms with Gasteiger partial charge in [-0.3, -0.25) is 14.5 Å². The molecule has 3 aromatic rings. The molecule has 0 saturated heterocycles. The van der Waals surface area contributed by atoms with Crippen molar-refractivity contribution >= 4 is 17.9 Å². The van der Waals surface area contributed by atoms with E-state index in [0.29, 0.717) is 48.6 Å². The van der Waals surface area contributed by atoms with Crippen LogP contribution in [0.4, 0.5) is 0 Å². The lowest BCUT2D eigenvalue weighted by Crippen LogP contribution is -2.43. The summed E-state index contributed by atoms with van der Waals surface area (Å²) in [5.41, 5.74) is 3.69. The SMILES string of the molecule is CCCCCCOc1ccc(-c2nn(-c3ccccc3)cc2/C=C2/C(=O)N(CCCOCC)C(=O)C(C#N)=C2C)cc1. The van der Waals surface area contributed by atoms with Crippen LogP contribution in [0.25, 0.3) is 23.0 Å². The lowest BCUT2D eigenvalue weighted by Gasteiger charge is -2.27. The molecule has 0 spiro atoms. The Morgan fingerprint density at radius 3 is 2.38 bits per heavy atom.